The molecule has 0 unspecified atom stereocenters. The van der Waals surface area contributed by atoms with Gasteiger partial charge in [-0.1, -0.05) is 24.2 Å². The fourth-order valence-corrected chi connectivity index (χ4v) is 3.73. The van der Waals surface area contributed by atoms with Crippen LogP contribution in [0.3, 0.4) is 0 Å². The van der Waals surface area contributed by atoms with Gasteiger partial charge in [-0.25, -0.2) is 0 Å². The molecular formula is C21H27ClN6O2. The summed E-state index contributed by atoms with van der Waals surface area (Å²) in [4.78, 5) is 17.0. The summed E-state index contributed by atoms with van der Waals surface area (Å²) in [6, 6.07) is 8.02. The second kappa shape index (κ2) is 9.86. The second-order valence-electron chi connectivity index (χ2n) is 7.43. The average Bonchev–Trinajstić information content (AvgIpc) is 3.48. The number of nitrogens with one attached hydrogen (secondary N) is 2. The predicted octanol–water partition coefficient (Wildman–Crippen LogP) is 2.12. The number of aryl methyl sites for hydroxylation is 2. The van der Waals surface area contributed by atoms with Crippen molar-refractivity contribution in [3.63, 3.8) is 0 Å². The van der Waals surface area contributed by atoms with Gasteiger partial charge in [0.1, 0.15) is 0 Å². The maximum absolute atomic E-state index is 12.7. The van der Waals surface area contributed by atoms with Crippen LogP contribution in [-0.4, -0.2) is 45.5 Å². The zero-order valence-corrected chi connectivity index (χ0v) is 18.0. The molecule has 160 valence electrons. The zero-order chi connectivity index (χ0) is 20.2. The number of amides is 1. The van der Waals surface area contributed by atoms with Crippen molar-refractivity contribution < 1.29 is 9.32 Å². The standard InChI is InChI=1S/C21H26N6O2.ClH/c1-3-19-25-21(29-26-19)15-6-4-14(5-7-15)8-9-23-20(28)18-12-22-11-17(18)16-10-24-27(2)13-16;/h4-7,10,13,17-18,22H,3,8-9,11-12H2,1-2H3,(H,23,28);1H/t17-,18+;/m1./s1. The average molecular weight is 431 g/mol. The molecule has 0 radical (unpaired) electrons. The van der Waals surface area contributed by atoms with E-state index < -0.39 is 0 Å². The molecule has 0 bridgehead atoms. The van der Waals surface area contributed by atoms with Gasteiger partial charge in [0.25, 0.3) is 5.89 Å². The molecule has 0 aliphatic carbocycles. The van der Waals surface area contributed by atoms with Gasteiger partial charge in [0.05, 0.1) is 12.1 Å². The minimum atomic E-state index is -0.0631. The Morgan fingerprint density at radius 3 is 2.77 bits per heavy atom. The van der Waals surface area contributed by atoms with Crippen LogP contribution in [0.15, 0.2) is 41.2 Å². The third-order valence-electron chi connectivity index (χ3n) is 5.40. The van der Waals surface area contributed by atoms with E-state index in [2.05, 4.69) is 25.9 Å². The topological polar surface area (TPSA) is 97.9 Å². The quantitative estimate of drug-likeness (QED) is 0.595. The molecule has 3 aromatic rings. The summed E-state index contributed by atoms with van der Waals surface area (Å²) < 4.78 is 7.05. The van der Waals surface area contributed by atoms with Crippen LogP contribution < -0.4 is 10.6 Å². The van der Waals surface area contributed by atoms with Crippen LogP contribution in [0, 0.1) is 5.92 Å². The van der Waals surface area contributed by atoms with E-state index in [1.807, 2.05) is 50.6 Å². The van der Waals surface area contributed by atoms with Gasteiger partial charge in [-0.15, -0.1) is 12.4 Å². The van der Waals surface area contributed by atoms with Crippen molar-refractivity contribution in [2.75, 3.05) is 19.6 Å². The van der Waals surface area contributed by atoms with Gasteiger partial charge in [-0.3, -0.25) is 9.48 Å². The summed E-state index contributed by atoms with van der Waals surface area (Å²) in [5, 5.41) is 14.6. The highest BCUT2D eigenvalue weighted by Gasteiger charge is 2.34. The number of nitrogens with zero attached hydrogens (tertiary/aromatic N) is 4. The molecule has 1 fully saturated rings. The number of halogens is 1. The van der Waals surface area contributed by atoms with E-state index in [0.717, 1.165) is 36.1 Å². The van der Waals surface area contributed by atoms with Crippen LogP contribution >= 0.6 is 12.4 Å². The van der Waals surface area contributed by atoms with Gasteiger partial charge in [0.2, 0.25) is 5.91 Å². The molecule has 1 saturated heterocycles. The monoisotopic (exact) mass is 430 g/mol. The fourth-order valence-electron chi connectivity index (χ4n) is 3.73. The van der Waals surface area contributed by atoms with E-state index in [1.54, 1.807) is 4.68 Å². The van der Waals surface area contributed by atoms with Crippen molar-refractivity contribution in [3.05, 3.63) is 53.6 Å². The summed E-state index contributed by atoms with van der Waals surface area (Å²) in [6.07, 6.45) is 5.37. The molecule has 1 aliphatic rings. The Morgan fingerprint density at radius 2 is 2.10 bits per heavy atom. The van der Waals surface area contributed by atoms with Gasteiger partial charge >= 0.3 is 0 Å². The first kappa shape index (κ1) is 22.0. The maximum atomic E-state index is 12.7. The molecule has 8 nitrogen and oxygen atoms in total. The maximum Gasteiger partial charge on any atom is 0.257 e. The van der Waals surface area contributed by atoms with Crippen LogP contribution in [0.1, 0.15) is 29.8 Å². The largest absolute Gasteiger partial charge is 0.355 e. The van der Waals surface area contributed by atoms with E-state index in [-0.39, 0.29) is 30.2 Å². The van der Waals surface area contributed by atoms with E-state index in [0.29, 0.717) is 24.8 Å². The Morgan fingerprint density at radius 1 is 1.30 bits per heavy atom. The lowest BCUT2D eigenvalue weighted by molar-refractivity contribution is -0.124. The molecule has 3 heterocycles. The summed E-state index contributed by atoms with van der Waals surface area (Å²) >= 11 is 0. The summed E-state index contributed by atoms with van der Waals surface area (Å²) in [7, 11) is 1.90. The molecule has 30 heavy (non-hydrogen) atoms. The normalized spacial score (nSPS) is 18.2. The highest BCUT2D eigenvalue weighted by atomic mass is 35.5. The molecule has 1 aromatic carbocycles. The van der Waals surface area contributed by atoms with Gasteiger partial charge in [-0.2, -0.15) is 10.1 Å². The van der Waals surface area contributed by atoms with Crippen molar-refractivity contribution in [1.82, 2.24) is 30.6 Å². The number of hydrogen-bond donors (Lipinski definition) is 2. The van der Waals surface area contributed by atoms with Gasteiger partial charge in [0.15, 0.2) is 5.82 Å². The molecule has 1 aliphatic heterocycles. The molecule has 1 amide bonds. The highest BCUT2D eigenvalue weighted by Crippen LogP contribution is 2.27. The van der Waals surface area contributed by atoms with Crippen molar-refractivity contribution in [2.45, 2.75) is 25.7 Å². The van der Waals surface area contributed by atoms with Crippen LogP contribution in [0.25, 0.3) is 11.5 Å². The Labute approximate surface area is 181 Å². The summed E-state index contributed by atoms with van der Waals surface area (Å²) in [6.45, 7) is 4.10. The first-order valence-corrected chi connectivity index (χ1v) is 10.0. The van der Waals surface area contributed by atoms with Crippen LogP contribution in [0.4, 0.5) is 0 Å². The number of benzene rings is 1. The van der Waals surface area contributed by atoms with E-state index in [4.69, 9.17) is 4.52 Å². The Bertz CT molecular complexity index is 968. The zero-order valence-electron chi connectivity index (χ0n) is 17.2. The molecule has 2 aromatic heterocycles. The number of carbonyl (C=O) groups excluding carboxylic acids is 1. The van der Waals surface area contributed by atoms with Crippen molar-refractivity contribution in [1.29, 1.82) is 0 Å². The Balaban J connectivity index is 0.00000256. The molecule has 4 rings (SSSR count). The minimum Gasteiger partial charge on any atom is -0.355 e. The van der Waals surface area contributed by atoms with Crippen molar-refractivity contribution in [2.24, 2.45) is 13.0 Å². The Kier molecular flexibility index (Phi) is 7.23. The van der Waals surface area contributed by atoms with E-state index in [1.165, 1.54) is 0 Å². The number of carbonyl (C=O) groups is 1. The summed E-state index contributed by atoms with van der Waals surface area (Å²) in [5.41, 5.74) is 3.17. The third-order valence-corrected chi connectivity index (χ3v) is 5.40. The van der Waals surface area contributed by atoms with Crippen molar-refractivity contribution >= 4 is 18.3 Å². The lowest BCUT2D eigenvalue weighted by Crippen LogP contribution is -2.35. The fraction of sp³-hybridized carbons (Fsp3) is 0.429. The second-order valence-corrected chi connectivity index (χ2v) is 7.43. The van der Waals surface area contributed by atoms with Crippen LogP contribution in [0.2, 0.25) is 0 Å². The molecule has 0 spiro atoms. The van der Waals surface area contributed by atoms with Crippen molar-refractivity contribution in [3.8, 4) is 11.5 Å². The molecule has 2 N–H and O–H groups in total. The van der Waals surface area contributed by atoms with E-state index >= 15 is 0 Å². The first-order valence-electron chi connectivity index (χ1n) is 10.0. The van der Waals surface area contributed by atoms with Gasteiger partial charge in [-0.05, 0) is 29.7 Å². The number of hydrogen-bond acceptors (Lipinski definition) is 6. The Hall–Kier alpha value is -2.71. The van der Waals surface area contributed by atoms with E-state index in [9.17, 15) is 4.79 Å². The lowest BCUT2D eigenvalue weighted by atomic mass is 9.90. The molecular weight excluding hydrogens is 404 g/mol. The number of rotatable bonds is 7. The van der Waals surface area contributed by atoms with Gasteiger partial charge < -0.3 is 15.2 Å². The SMILES string of the molecule is CCc1noc(-c2ccc(CCNC(=O)[C@H]3CNC[C@@H]3c3cnn(C)c3)cc2)n1.Cl. The minimum absolute atomic E-state index is 0. The highest BCUT2D eigenvalue weighted by molar-refractivity contribution is 5.85. The van der Waals surface area contributed by atoms with Crippen LogP contribution in [-0.2, 0) is 24.7 Å². The first-order chi connectivity index (χ1) is 14.1. The van der Waals surface area contributed by atoms with Crippen LogP contribution in [0.5, 0.6) is 0 Å². The number of aromatic nitrogens is 4. The summed E-state index contributed by atoms with van der Waals surface area (Å²) in [5.74, 6) is 1.45. The molecule has 0 saturated carbocycles. The predicted molar refractivity (Wildman–Crippen MR) is 115 cm³/mol. The molecule has 9 heteroatoms. The third kappa shape index (κ3) is 4.88. The lowest BCUT2D eigenvalue weighted by Gasteiger charge is -2.17. The molecule has 2 atom stereocenters. The van der Waals surface area contributed by atoms with Gasteiger partial charge in [0, 0.05) is 50.8 Å². The smallest absolute Gasteiger partial charge is 0.257 e.